The van der Waals surface area contributed by atoms with Crippen LogP contribution in [-0.2, 0) is 4.79 Å². The molecule has 1 amide bonds. The van der Waals surface area contributed by atoms with Gasteiger partial charge in [0.1, 0.15) is 5.75 Å². The van der Waals surface area contributed by atoms with Crippen LogP contribution in [0.2, 0.25) is 0 Å². The van der Waals surface area contributed by atoms with E-state index in [2.05, 4.69) is 12.2 Å². The van der Waals surface area contributed by atoms with Crippen molar-refractivity contribution in [2.75, 3.05) is 26.2 Å². The van der Waals surface area contributed by atoms with E-state index in [1.165, 1.54) is 5.56 Å². The SMILES string of the molecule is Cc1cccc(OCCC(=O)N2CCNC(C)C2)c1.Cl. The predicted molar refractivity (Wildman–Crippen MR) is 82.6 cm³/mol. The highest BCUT2D eigenvalue weighted by atomic mass is 35.5. The number of ether oxygens (including phenoxy) is 1. The number of aryl methyl sites for hydroxylation is 1. The number of carbonyl (C=O) groups excluding carboxylic acids is 1. The van der Waals surface area contributed by atoms with Gasteiger partial charge in [0.2, 0.25) is 5.91 Å². The lowest BCUT2D eigenvalue weighted by atomic mass is 10.2. The number of hydrogen-bond donors (Lipinski definition) is 1. The quantitative estimate of drug-likeness (QED) is 0.924. The fraction of sp³-hybridized carbons (Fsp3) is 0.533. The number of piperazine rings is 1. The Bertz CT molecular complexity index is 440. The third-order valence-electron chi connectivity index (χ3n) is 3.30. The summed E-state index contributed by atoms with van der Waals surface area (Å²) in [6, 6.07) is 8.28. The summed E-state index contributed by atoms with van der Waals surface area (Å²) in [5, 5.41) is 3.33. The molecule has 0 spiro atoms. The van der Waals surface area contributed by atoms with Gasteiger partial charge in [0, 0.05) is 25.7 Å². The van der Waals surface area contributed by atoms with Crippen LogP contribution in [0.1, 0.15) is 18.9 Å². The lowest BCUT2D eigenvalue weighted by molar-refractivity contribution is -0.132. The van der Waals surface area contributed by atoms with E-state index in [1.807, 2.05) is 36.1 Å². The number of carbonyl (C=O) groups is 1. The lowest BCUT2D eigenvalue weighted by Crippen LogP contribution is -2.51. The Morgan fingerprint density at radius 2 is 2.30 bits per heavy atom. The fourth-order valence-electron chi connectivity index (χ4n) is 2.28. The maximum absolute atomic E-state index is 12.0. The maximum Gasteiger partial charge on any atom is 0.226 e. The molecule has 0 bridgehead atoms. The van der Waals surface area contributed by atoms with Crippen molar-refractivity contribution in [3.8, 4) is 5.75 Å². The zero-order chi connectivity index (χ0) is 13.7. The third kappa shape index (κ3) is 5.02. The molecule has 1 aromatic rings. The Morgan fingerprint density at radius 1 is 1.50 bits per heavy atom. The number of rotatable bonds is 4. The molecule has 20 heavy (non-hydrogen) atoms. The van der Waals surface area contributed by atoms with Gasteiger partial charge in [-0.25, -0.2) is 0 Å². The highest BCUT2D eigenvalue weighted by molar-refractivity contribution is 5.85. The zero-order valence-electron chi connectivity index (χ0n) is 12.1. The Morgan fingerprint density at radius 3 is 3.00 bits per heavy atom. The number of benzene rings is 1. The molecule has 1 unspecified atom stereocenters. The van der Waals surface area contributed by atoms with Crippen molar-refractivity contribution in [2.24, 2.45) is 0 Å². The Kier molecular flexibility index (Phi) is 6.82. The first-order chi connectivity index (χ1) is 9.15. The zero-order valence-corrected chi connectivity index (χ0v) is 12.9. The Labute approximate surface area is 126 Å². The molecule has 1 heterocycles. The molecule has 1 aromatic carbocycles. The molecular formula is C15H23ClN2O2. The van der Waals surface area contributed by atoms with Crippen LogP contribution < -0.4 is 10.1 Å². The third-order valence-corrected chi connectivity index (χ3v) is 3.30. The number of hydrogen-bond acceptors (Lipinski definition) is 3. The summed E-state index contributed by atoms with van der Waals surface area (Å²) in [5.74, 6) is 1.02. The highest BCUT2D eigenvalue weighted by Crippen LogP contribution is 2.12. The van der Waals surface area contributed by atoms with Crippen LogP contribution in [0.5, 0.6) is 5.75 Å². The highest BCUT2D eigenvalue weighted by Gasteiger charge is 2.19. The van der Waals surface area contributed by atoms with Crippen molar-refractivity contribution in [1.29, 1.82) is 0 Å². The molecule has 1 saturated heterocycles. The van der Waals surface area contributed by atoms with Crippen molar-refractivity contribution in [2.45, 2.75) is 26.3 Å². The monoisotopic (exact) mass is 298 g/mol. The molecule has 2 rings (SSSR count). The first-order valence-corrected chi connectivity index (χ1v) is 6.86. The van der Waals surface area contributed by atoms with E-state index in [-0.39, 0.29) is 18.3 Å². The minimum absolute atomic E-state index is 0. The van der Waals surface area contributed by atoms with Crippen LogP contribution in [-0.4, -0.2) is 43.1 Å². The smallest absolute Gasteiger partial charge is 0.226 e. The van der Waals surface area contributed by atoms with E-state index >= 15 is 0 Å². The van der Waals surface area contributed by atoms with Crippen molar-refractivity contribution in [3.63, 3.8) is 0 Å². The molecule has 1 atom stereocenters. The minimum atomic E-state index is 0. The lowest BCUT2D eigenvalue weighted by Gasteiger charge is -2.31. The van der Waals surface area contributed by atoms with Gasteiger partial charge in [-0.3, -0.25) is 4.79 Å². The summed E-state index contributed by atoms with van der Waals surface area (Å²) in [6.07, 6.45) is 0.445. The summed E-state index contributed by atoms with van der Waals surface area (Å²) >= 11 is 0. The summed E-state index contributed by atoms with van der Waals surface area (Å²) in [5.41, 5.74) is 1.17. The van der Waals surface area contributed by atoms with Gasteiger partial charge in [0.15, 0.2) is 0 Å². The van der Waals surface area contributed by atoms with Crippen molar-refractivity contribution in [1.82, 2.24) is 10.2 Å². The average Bonchev–Trinajstić information content (AvgIpc) is 2.38. The molecule has 4 nitrogen and oxygen atoms in total. The normalized spacial score (nSPS) is 18.3. The topological polar surface area (TPSA) is 41.6 Å². The van der Waals surface area contributed by atoms with Gasteiger partial charge in [-0.1, -0.05) is 12.1 Å². The van der Waals surface area contributed by atoms with Gasteiger partial charge in [0.25, 0.3) is 0 Å². The summed E-state index contributed by atoms with van der Waals surface area (Å²) in [6.45, 7) is 7.05. The maximum atomic E-state index is 12.0. The second-order valence-corrected chi connectivity index (χ2v) is 5.11. The Balaban J connectivity index is 0.00000200. The summed E-state index contributed by atoms with van der Waals surface area (Å²) in [4.78, 5) is 13.9. The van der Waals surface area contributed by atoms with Crippen LogP contribution in [0.3, 0.4) is 0 Å². The van der Waals surface area contributed by atoms with Crippen LogP contribution in [0.15, 0.2) is 24.3 Å². The van der Waals surface area contributed by atoms with E-state index in [0.29, 0.717) is 19.1 Å². The molecule has 0 aromatic heterocycles. The molecule has 0 aliphatic carbocycles. The van der Waals surface area contributed by atoms with Crippen LogP contribution in [0.25, 0.3) is 0 Å². The van der Waals surface area contributed by atoms with Gasteiger partial charge in [0.05, 0.1) is 13.0 Å². The summed E-state index contributed by atoms with van der Waals surface area (Å²) < 4.78 is 5.61. The van der Waals surface area contributed by atoms with Crippen molar-refractivity contribution >= 4 is 18.3 Å². The fourth-order valence-corrected chi connectivity index (χ4v) is 2.28. The minimum Gasteiger partial charge on any atom is -0.493 e. The van der Waals surface area contributed by atoms with Gasteiger partial charge in [-0.2, -0.15) is 0 Å². The van der Waals surface area contributed by atoms with Crippen molar-refractivity contribution in [3.05, 3.63) is 29.8 Å². The molecule has 0 radical (unpaired) electrons. The molecule has 1 N–H and O–H groups in total. The second-order valence-electron chi connectivity index (χ2n) is 5.11. The van der Waals surface area contributed by atoms with E-state index in [1.54, 1.807) is 0 Å². The van der Waals surface area contributed by atoms with E-state index < -0.39 is 0 Å². The first kappa shape index (κ1) is 16.8. The standard InChI is InChI=1S/C15H22N2O2.ClH/c1-12-4-3-5-14(10-12)19-9-6-15(18)17-8-7-16-13(2)11-17;/h3-5,10,13,16H,6-9,11H2,1-2H3;1H. The van der Waals surface area contributed by atoms with Crippen LogP contribution >= 0.6 is 12.4 Å². The molecule has 0 saturated carbocycles. The van der Waals surface area contributed by atoms with Crippen LogP contribution in [0, 0.1) is 6.92 Å². The molecule has 5 heteroatoms. The molecule has 1 aliphatic rings. The van der Waals surface area contributed by atoms with E-state index in [0.717, 1.165) is 25.4 Å². The van der Waals surface area contributed by atoms with E-state index in [9.17, 15) is 4.79 Å². The second kappa shape index (κ2) is 8.12. The summed E-state index contributed by atoms with van der Waals surface area (Å²) in [7, 11) is 0. The number of amides is 1. The molecular weight excluding hydrogens is 276 g/mol. The largest absolute Gasteiger partial charge is 0.493 e. The Hall–Kier alpha value is -1.26. The van der Waals surface area contributed by atoms with Gasteiger partial charge >= 0.3 is 0 Å². The number of halogens is 1. The van der Waals surface area contributed by atoms with Crippen LogP contribution in [0.4, 0.5) is 0 Å². The van der Waals surface area contributed by atoms with E-state index in [4.69, 9.17) is 4.74 Å². The number of nitrogens with one attached hydrogen (secondary N) is 1. The molecule has 1 fully saturated rings. The van der Waals surface area contributed by atoms with Gasteiger partial charge < -0.3 is 15.0 Å². The molecule has 112 valence electrons. The average molecular weight is 299 g/mol. The van der Waals surface area contributed by atoms with Gasteiger partial charge in [-0.05, 0) is 31.5 Å². The first-order valence-electron chi connectivity index (χ1n) is 6.86. The molecule has 1 aliphatic heterocycles. The van der Waals surface area contributed by atoms with Crippen molar-refractivity contribution < 1.29 is 9.53 Å². The number of nitrogens with zero attached hydrogens (tertiary/aromatic N) is 1. The predicted octanol–water partition coefficient (Wildman–Crippen LogP) is 2.01. The van der Waals surface area contributed by atoms with Gasteiger partial charge in [-0.15, -0.1) is 12.4 Å².